The second kappa shape index (κ2) is 8.67. The summed E-state index contributed by atoms with van der Waals surface area (Å²) < 4.78 is 14.1. The van der Waals surface area contributed by atoms with Crippen molar-refractivity contribution in [2.45, 2.75) is 20.3 Å². The number of halogens is 1. The topological polar surface area (TPSA) is 88.0 Å². The Balaban J connectivity index is 1.42. The van der Waals surface area contributed by atoms with Crippen LogP contribution in [0.15, 0.2) is 60.7 Å². The smallest absolute Gasteiger partial charge is 0.251 e. The molecule has 0 atom stereocenters. The highest BCUT2D eigenvalue weighted by molar-refractivity contribution is 5.95. The summed E-state index contributed by atoms with van der Waals surface area (Å²) in [6, 6.07) is 17.5. The Labute approximate surface area is 185 Å². The number of carbonyl (C=O) groups excluding carboxylic acids is 2. The maximum atomic E-state index is 14.1. The van der Waals surface area contributed by atoms with Gasteiger partial charge in [-0.25, -0.2) is 4.39 Å². The van der Waals surface area contributed by atoms with Gasteiger partial charge in [0, 0.05) is 28.8 Å². The normalized spacial score (nSPS) is 11.0. The largest absolute Gasteiger partial charge is 0.366 e. The second-order valence-corrected chi connectivity index (χ2v) is 7.87. The van der Waals surface area contributed by atoms with Gasteiger partial charge in [-0.1, -0.05) is 30.3 Å². The van der Waals surface area contributed by atoms with Gasteiger partial charge in [-0.3, -0.25) is 9.59 Å². The van der Waals surface area contributed by atoms with E-state index in [1.165, 1.54) is 6.07 Å². The molecule has 0 bridgehead atoms. The van der Waals surface area contributed by atoms with Gasteiger partial charge in [0.2, 0.25) is 5.91 Å². The van der Waals surface area contributed by atoms with Gasteiger partial charge >= 0.3 is 0 Å². The lowest BCUT2D eigenvalue weighted by molar-refractivity contribution is 0.0952. The fraction of sp³-hybridized carbons (Fsp3) is 0.154. The summed E-state index contributed by atoms with van der Waals surface area (Å²) in [7, 11) is 0. The molecule has 4 rings (SSSR count). The van der Waals surface area contributed by atoms with E-state index in [2.05, 4.69) is 10.3 Å². The van der Waals surface area contributed by atoms with Gasteiger partial charge in [0.05, 0.1) is 5.52 Å². The summed E-state index contributed by atoms with van der Waals surface area (Å²) in [5, 5.41) is 3.84. The van der Waals surface area contributed by atoms with Crippen molar-refractivity contribution in [3.63, 3.8) is 0 Å². The van der Waals surface area contributed by atoms with Crippen LogP contribution in [-0.2, 0) is 6.42 Å². The summed E-state index contributed by atoms with van der Waals surface area (Å²) in [4.78, 5) is 26.9. The third-order valence-corrected chi connectivity index (χ3v) is 5.74. The summed E-state index contributed by atoms with van der Waals surface area (Å²) in [6.07, 6.45) is 0.603. The first-order valence-corrected chi connectivity index (χ1v) is 10.4. The van der Waals surface area contributed by atoms with Gasteiger partial charge in [-0.05, 0) is 72.9 Å². The molecule has 0 unspecified atom stereocenters. The number of nitrogens with one attached hydrogen (secondary N) is 2. The first kappa shape index (κ1) is 21.3. The maximum Gasteiger partial charge on any atom is 0.251 e. The zero-order valence-corrected chi connectivity index (χ0v) is 18.0. The molecule has 162 valence electrons. The average Bonchev–Trinajstić information content (AvgIpc) is 3.14. The van der Waals surface area contributed by atoms with E-state index >= 15 is 0 Å². The monoisotopic (exact) mass is 429 g/mol. The standard InChI is InChI=1S/C26H24FN3O2/c1-15-3-12-22(27)24-23(15)21(16(2)30-24)13-14-29-26(32)20-10-6-18(7-11-20)17-4-8-19(9-5-17)25(28)31/h3-12,30H,13-14H2,1-2H3,(H2,28,31)(H,29,32). The third-order valence-electron chi connectivity index (χ3n) is 5.74. The van der Waals surface area contributed by atoms with Gasteiger partial charge in [0.15, 0.2) is 0 Å². The number of rotatable bonds is 6. The van der Waals surface area contributed by atoms with Gasteiger partial charge in [-0.2, -0.15) is 0 Å². The molecule has 1 heterocycles. The van der Waals surface area contributed by atoms with E-state index in [1.807, 2.05) is 38.1 Å². The molecule has 4 N–H and O–H groups in total. The highest BCUT2D eigenvalue weighted by atomic mass is 19.1. The number of aryl methyl sites for hydroxylation is 2. The lowest BCUT2D eigenvalue weighted by Crippen LogP contribution is -2.25. The molecular weight excluding hydrogens is 405 g/mol. The molecule has 5 nitrogen and oxygen atoms in total. The van der Waals surface area contributed by atoms with Gasteiger partial charge in [0.1, 0.15) is 5.82 Å². The molecule has 32 heavy (non-hydrogen) atoms. The zero-order valence-electron chi connectivity index (χ0n) is 18.0. The van der Waals surface area contributed by atoms with Crippen molar-refractivity contribution in [3.8, 4) is 11.1 Å². The first-order chi connectivity index (χ1) is 15.3. The van der Waals surface area contributed by atoms with Crippen LogP contribution >= 0.6 is 0 Å². The lowest BCUT2D eigenvalue weighted by Gasteiger charge is -2.08. The molecule has 0 saturated heterocycles. The number of primary amides is 1. The zero-order chi connectivity index (χ0) is 22.8. The van der Waals surface area contributed by atoms with Crippen molar-refractivity contribution < 1.29 is 14.0 Å². The molecule has 0 aliphatic rings. The Morgan fingerprint density at radius 1 is 0.906 bits per heavy atom. The van der Waals surface area contributed by atoms with Crippen LogP contribution in [0.1, 0.15) is 37.5 Å². The van der Waals surface area contributed by atoms with Crippen LogP contribution in [0, 0.1) is 19.7 Å². The summed E-state index contributed by atoms with van der Waals surface area (Å²) in [6.45, 7) is 4.32. The number of amides is 2. The van der Waals surface area contributed by atoms with Crippen molar-refractivity contribution in [1.82, 2.24) is 10.3 Å². The van der Waals surface area contributed by atoms with Crippen molar-refractivity contribution in [3.05, 3.63) is 94.4 Å². The number of hydrogen-bond acceptors (Lipinski definition) is 2. The number of hydrogen-bond donors (Lipinski definition) is 3. The van der Waals surface area contributed by atoms with Crippen molar-refractivity contribution >= 4 is 22.7 Å². The van der Waals surface area contributed by atoms with Crippen LogP contribution in [0.2, 0.25) is 0 Å². The van der Waals surface area contributed by atoms with E-state index in [0.29, 0.717) is 29.6 Å². The van der Waals surface area contributed by atoms with Crippen LogP contribution < -0.4 is 11.1 Å². The summed E-state index contributed by atoms with van der Waals surface area (Å²) >= 11 is 0. The third kappa shape index (κ3) is 4.12. The Hall–Kier alpha value is -3.93. The van der Waals surface area contributed by atoms with E-state index in [0.717, 1.165) is 33.3 Å². The number of benzene rings is 3. The second-order valence-electron chi connectivity index (χ2n) is 7.87. The summed E-state index contributed by atoms with van der Waals surface area (Å²) in [5.41, 5.74) is 11.6. The highest BCUT2D eigenvalue weighted by Gasteiger charge is 2.14. The molecule has 6 heteroatoms. The predicted molar refractivity (Wildman–Crippen MR) is 124 cm³/mol. The van der Waals surface area contributed by atoms with E-state index in [-0.39, 0.29) is 11.7 Å². The Bertz CT molecular complexity index is 1310. The van der Waals surface area contributed by atoms with E-state index in [1.54, 1.807) is 30.3 Å². The Morgan fingerprint density at radius 2 is 1.50 bits per heavy atom. The minimum absolute atomic E-state index is 0.166. The number of carbonyl (C=O) groups is 2. The molecule has 4 aromatic rings. The van der Waals surface area contributed by atoms with Crippen LogP contribution in [0.3, 0.4) is 0 Å². The molecule has 0 spiro atoms. The predicted octanol–water partition coefficient (Wildman–Crippen LogP) is 4.66. The van der Waals surface area contributed by atoms with Crippen molar-refractivity contribution in [2.75, 3.05) is 6.54 Å². The van der Waals surface area contributed by atoms with Crippen LogP contribution in [-0.4, -0.2) is 23.3 Å². The highest BCUT2D eigenvalue weighted by Crippen LogP contribution is 2.28. The maximum absolute atomic E-state index is 14.1. The molecular formula is C26H24FN3O2. The molecule has 0 aliphatic heterocycles. The SMILES string of the molecule is Cc1[nH]c2c(F)ccc(C)c2c1CCNC(=O)c1ccc(-c2ccc(C(N)=O)cc2)cc1. The molecule has 0 aliphatic carbocycles. The van der Waals surface area contributed by atoms with Crippen molar-refractivity contribution in [1.29, 1.82) is 0 Å². The fourth-order valence-electron chi connectivity index (χ4n) is 4.00. The molecule has 0 fully saturated rings. The van der Waals surface area contributed by atoms with Crippen LogP contribution in [0.25, 0.3) is 22.0 Å². The molecule has 2 amide bonds. The molecule has 3 aromatic carbocycles. The van der Waals surface area contributed by atoms with E-state index < -0.39 is 5.91 Å². The van der Waals surface area contributed by atoms with Gasteiger partial charge in [-0.15, -0.1) is 0 Å². The number of H-pyrrole nitrogens is 1. The molecule has 0 saturated carbocycles. The average molecular weight is 429 g/mol. The van der Waals surface area contributed by atoms with E-state index in [9.17, 15) is 14.0 Å². The fourth-order valence-corrected chi connectivity index (χ4v) is 4.00. The van der Waals surface area contributed by atoms with Crippen LogP contribution in [0.5, 0.6) is 0 Å². The number of fused-ring (bicyclic) bond motifs is 1. The first-order valence-electron chi connectivity index (χ1n) is 10.4. The summed E-state index contributed by atoms with van der Waals surface area (Å²) in [5.74, 6) is -0.902. The van der Waals surface area contributed by atoms with Gasteiger partial charge < -0.3 is 16.0 Å². The number of aromatic amines is 1. The number of aromatic nitrogens is 1. The van der Waals surface area contributed by atoms with Gasteiger partial charge in [0.25, 0.3) is 5.91 Å². The Kier molecular flexibility index (Phi) is 5.77. The van der Waals surface area contributed by atoms with Crippen LogP contribution in [0.4, 0.5) is 4.39 Å². The lowest BCUT2D eigenvalue weighted by atomic mass is 10.0. The minimum atomic E-state index is -0.466. The quantitative estimate of drug-likeness (QED) is 0.416. The molecule has 1 aromatic heterocycles. The Morgan fingerprint density at radius 3 is 2.09 bits per heavy atom. The minimum Gasteiger partial charge on any atom is -0.366 e. The molecule has 0 radical (unpaired) electrons. The number of nitrogens with two attached hydrogens (primary N) is 1. The van der Waals surface area contributed by atoms with Crippen molar-refractivity contribution in [2.24, 2.45) is 5.73 Å². The van der Waals surface area contributed by atoms with E-state index in [4.69, 9.17) is 5.73 Å².